The minimum absolute atomic E-state index is 0.288. The molecule has 0 spiro atoms. The van der Waals surface area contributed by atoms with Crippen LogP contribution < -0.4 is 5.32 Å². The zero-order chi connectivity index (χ0) is 15.5. The normalized spacial score (nSPS) is 22.3. The lowest BCUT2D eigenvalue weighted by atomic mass is 9.80. The van der Waals surface area contributed by atoms with Crippen LogP contribution in [0.4, 0.5) is 5.82 Å². The first kappa shape index (κ1) is 15.1. The number of thioether (sulfide) groups is 1. The van der Waals surface area contributed by atoms with Gasteiger partial charge in [-0.1, -0.05) is 19.3 Å². The quantitative estimate of drug-likeness (QED) is 0.913. The van der Waals surface area contributed by atoms with E-state index in [1.54, 1.807) is 0 Å². The second kappa shape index (κ2) is 6.60. The predicted octanol–water partition coefficient (Wildman–Crippen LogP) is 1.68. The summed E-state index contributed by atoms with van der Waals surface area (Å²) in [4.78, 5) is 2.73. The predicted molar refractivity (Wildman–Crippen MR) is 91.8 cm³/mol. The number of fused-ring (bicyclic) bond motifs is 1. The lowest BCUT2D eigenvalue weighted by molar-refractivity contribution is 0.0706. The topological polar surface area (TPSA) is 71.2 Å². The summed E-state index contributed by atoms with van der Waals surface area (Å²) in [5.74, 6) is 3.37. The Morgan fingerprint density at radius 1 is 1.13 bits per heavy atom. The number of rotatable bonds is 4. The fourth-order valence-electron chi connectivity index (χ4n) is 3.85. The molecule has 2 aliphatic rings. The van der Waals surface area contributed by atoms with Gasteiger partial charge in [-0.25, -0.2) is 0 Å². The molecule has 124 valence electrons. The zero-order valence-electron chi connectivity index (χ0n) is 13.3. The Balaban J connectivity index is 1.50. The van der Waals surface area contributed by atoms with E-state index in [1.165, 1.54) is 61.3 Å². The van der Waals surface area contributed by atoms with Gasteiger partial charge in [0, 0.05) is 36.7 Å². The lowest BCUT2D eigenvalue weighted by Gasteiger charge is -2.48. The second-order valence-corrected chi connectivity index (χ2v) is 7.71. The molecular weight excluding hydrogens is 310 g/mol. The summed E-state index contributed by atoms with van der Waals surface area (Å²) in [6.07, 6.45) is 6.63. The SMILES string of the molecule is c1cc2nnnn2nc1NCC1(N2CCSCC2)CCCCC1. The molecule has 7 nitrogen and oxygen atoms in total. The molecule has 0 atom stereocenters. The van der Waals surface area contributed by atoms with Gasteiger partial charge >= 0.3 is 0 Å². The Bertz CT molecular complexity index is 646. The smallest absolute Gasteiger partial charge is 0.200 e. The first-order valence-corrected chi connectivity index (χ1v) is 9.63. The maximum atomic E-state index is 4.44. The molecule has 1 saturated carbocycles. The van der Waals surface area contributed by atoms with Crippen molar-refractivity contribution in [1.29, 1.82) is 0 Å². The van der Waals surface area contributed by atoms with E-state index >= 15 is 0 Å². The molecule has 1 aliphatic heterocycles. The molecule has 23 heavy (non-hydrogen) atoms. The number of hydrogen-bond donors (Lipinski definition) is 1. The summed E-state index contributed by atoms with van der Waals surface area (Å²) >= 11 is 2.08. The Hall–Kier alpha value is -1.41. The van der Waals surface area contributed by atoms with E-state index < -0.39 is 0 Å². The molecule has 1 saturated heterocycles. The second-order valence-electron chi connectivity index (χ2n) is 6.48. The van der Waals surface area contributed by atoms with Gasteiger partial charge in [-0.3, -0.25) is 4.90 Å². The van der Waals surface area contributed by atoms with Gasteiger partial charge in [0.25, 0.3) is 0 Å². The Morgan fingerprint density at radius 3 is 2.78 bits per heavy atom. The maximum Gasteiger partial charge on any atom is 0.200 e. The van der Waals surface area contributed by atoms with Gasteiger partial charge in [-0.2, -0.15) is 11.8 Å². The number of nitrogens with one attached hydrogen (secondary N) is 1. The highest BCUT2D eigenvalue weighted by Crippen LogP contribution is 2.35. The van der Waals surface area contributed by atoms with Crippen molar-refractivity contribution in [3.63, 3.8) is 0 Å². The first-order valence-electron chi connectivity index (χ1n) is 8.48. The highest BCUT2D eigenvalue weighted by molar-refractivity contribution is 7.99. The third-order valence-corrected chi connectivity index (χ3v) is 6.08. The van der Waals surface area contributed by atoms with E-state index in [2.05, 4.69) is 42.6 Å². The van der Waals surface area contributed by atoms with Crippen LogP contribution >= 0.6 is 11.8 Å². The molecule has 0 unspecified atom stereocenters. The minimum atomic E-state index is 0.288. The summed E-state index contributed by atoms with van der Waals surface area (Å²) in [5, 5.41) is 19.4. The van der Waals surface area contributed by atoms with Crippen molar-refractivity contribution in [2.75, 3.05) is 36.5 Å². The highest BCUT2D eigenvalue weighted by Gasteiger charge is 2.38. The third kappa shape index (κ3) is 3.14. The summed E-state index contributed by atoms with van der Waals surface area (Å²) in [6.45, 7) is 3.38. The standard InChI is InChI=1S/C15H23N7S/c1-2-6-15(7-3-1,21-8-10-23-11-9-21)12-16-13-4-5-14-17-19-20-22(14)18-13/h4-5H,1-3,6-12H2,(H,16,18). The molecular formula is C15H23N7S. The van der Waals surface area contributed by atoms with Crippen LogP contribution in [0.3, 0.4) is 0 Å². The number of nitrogens with zero attached hydrogens (tertiary/aromatic N) is 6. The van der Waals surface area contributed by atoms with E-state index in [0.29, 0.717) is 5.65 Å². The molecule has 8 heteroatoms. The van der Waals surface area contributed by atoms with Crippen molar-refractivity contribution >= 4 is 23.2 Å². The van der Waals surface area contributed by atoms with Crippen molar-refractivity contribution in [2.24, 2.45) is 0 Å². The molecule has 0 bridgehead atoms. The van der Waals surface area contributed by atoms with Crippen molar-refractivity contribution in [2.45, 2.75) is 37.6 Å². The maximum absolute atomic E-state index is 4.44. The fraction of sp³-hybridized carbons (Fsp3) is 0.733. The van der Waals surface area contributed by atoms with Gasteiger partial charge in [-0.05, 0) is 35.4 Å². The minimum Gasteiger partial charge on any atom is -0.367 e. The van der Waals surface area contributed by atoms with Crippen LogP contribution in [0.5, 0.6) is 0 Å². The lowest BCUT2D eigenvalue weighted by Crippen LogP contribution is -2.57. The summed E-state index contributed by atoms with van der Waals surface area (Å²) < 4.78 is 1.48. The van der Waals surface area contributed by atoms with Crippen molar-refractivity contribution in [3.05, 3.63) is 12.1 Å². The average molecular weight is 333 g/mol. The summed E-state index contributed by atoms with van der Waals surface area (Å²) in [7, 11) is 0. The Kier molecular flexibility index (Phi) is 4.35. The number of anilines is 1. The van der Waals surface area contributed by atoms with E-state index in [1.807, 2.05) is 12.1 Å². The number of hydrogen-bond acceptors (Lipinski definition) is 7. The monoisotopic (exact) mass is 333 g/mol. The van der Waals surface area contributed by atoms with Crippen LogP contribution in [0.2, 0.25) is 0 Å². The van der Waals surface area contributed by atoms with Crippen LogP contribution in [0.1, 0.15) is 32.1 Å². The van der Waals surface area contributed by atoms with Gasteiger partial charge in [0.1, 0.15) is 5.82 Å². The molecule has 1 N–H and O–H groups in total. The Morgan fingerprint density at radius 2 is 1.96 bits per heavy atom. The van der Waals surface area contributed by atoms with Gasteiger partial charge in [0.2, 0.25) is 0 Å². The van der Waals surface area contributed by atoms with Crippen molar-refractivity contribution < 1.29 is 0 Å². The largest absolute Gasteiger partial charge is 0.367 e. The van der Waals surface area contributed by atoms with E-state index in [4.69, 9.17) is 0 Å². The number of tetrazole rings is 1. The van der Waals surface area contributed by atoms with Crippen LogP contribution in [-0.2, 0) is 0 Å². The molecule has 1 aliphatic carbocycles. The summed E-state index contributed by atoms with van der Waals surface area (Å²) in [5.41, 5.74) is 0.965. The molecule has 4 rings (SSSR count). The molecule has 2 fully saturated rings. The van der Waals surface area contributed by atoms with Gasteiger partial charge in [-0.15, -0.1) is 14.8 Å². The third-order valence-electron chi connectivity index (χ3n) is 5.13. The van der Waals surface area contributed by atoms with Crippen LogP contribution in [-0.4, -0.2) is 66.8 Å². The van der Waals surface area contributed by atoms with E-state index in [0.717, 1.165) is 12.4 Å². The van der Waals surface area contributed by atoms with Crippen LogP contribution in [0.25, 0.3) is 5.65 Å². The van der Waals surface area contributed by atoms with Crippen molar-refractivity contribution in [3.8, 4) is 0 Å². The molecule has 0 amide bonds. The number of aromatic nitrogens is 5. The van der Waals surface area contributed by atoms with Gasteiger partial charge in [0.15, 0.2) is 5.65 Å². The van der Waals surface area contributed by atoms with Crippen molar-refractivity contribution in [1.82, 2.24) is 30.2 Å². The van der Waals surface area contributed by atoms with Crippen LogP contribution in [0, 0.1) is 0 Å². The molecule has 2 aromatic heterocycles. The van der Waals surface area contributed by atoms with Gasteiger partial charge < -0.3 is 5.32 Å². The van der Waals surface area contributed by atoms with Gasteiger partial charge in [0.05, 0.1) is 0 Å². The molecule has 0 radical (unpaired) electrons. The highest BCUT2D eigenvalue weighted by atomic mass is 32.2. The average Bonchev–Trinajstić information content (AvgIpc) is 3.09. The fourth-order valence-corrected chi connectivity index (χ4v) is 4.75. The molecule has 2 aromatic rings. The zero-order valence-corrected chi connectivity index (χ0v) is 14.1. The van der Waals surface area contributed by atoms with E-state index in [9.17, 15) is 0 Å². The molecule has 3 heterocycles. The van der Waals surface area contributed by atoms with Crippen LogP contribution in [0.15, 0.2) is 12.1 Å². The molecule has 0 aromatic carbocycles. The Labute approximate surface area is 140 Å². The first-order chi connectivity index (χ1) is 11.4. The van der Waals surface area contributed by atoms with E-state index in [-0.39, 0.29) is 5.54 Å². The summed E-state index contributed by atoms with van der Waals surface area (Å²) in [6, 6.07) is 3.87.